The lowest BCUT2D eigenvalue weighted by atomic mass is 10.0. The van der Waals surface area contributed by atoms with Gasteiger partial charge in [-0.15, -0.1) is 0 Å². The van der Waals surface area contributed by atoms with E-state index in [2.05, 4.69) is 4.74 Å². The first-order valence-electron chi connectivity index (χ1n) is 5.61. The number of aliphatic hydroxyl groups is 1. The van der Waals surface area contributed by atoms with Gasteiger partial charge in [0.25, 0.3) is 5.69 Å². The maximum absolute atomic E-state index is 11.4. The number of rotatable bonds is 6. The van der Waals surface area contributed by atoms with Crippen LogP contribution >= 0.6 is 0 Å². The molecule has 0 fully saturated rings. The van der Waals surface area contributed by atoms with E-state index in [1.807, 2.05) is 0 Å². The van der Waals surface area contributed by atoms with Crippen LogP contribution in [-0.4, -0.2) is 33.6 Å². The molecule has 0 heterocycles. The highest BCUT2D eigenvalue weighted by atomic mass is 16.6. The Labute approximate surface area is 113 Å². The van der Waals surface area contributed by atoms with Crippen molar-refractivity contribution in [1.82, 2.24) is 0 Å². The molecule has 0 aliphatic heterocycles. The van der Waals surface area contributed by atoms with Gasteiger partial charge in [-0.05, 0) is 24.6 Å². The zero-order valence-corrected chi connectivity index (χ0v) is 10.5. The number of non-ortho nitro benzene ring substituents is 1. The minimum Gasteiger partial charge on any atom is -0.461 e. The van der Waals surface area contributed by atoms with Crippen molar-refractivity contribution >= 4 is 11.7 Å². The maximum Gasteiger partial charge on any atom is 0.384 e. The molecule has 2 unspecified atom stereocenters. The van der Waals surface area contributed by atoms with Gasteiger partial charge in [0.15, 0.2) is 6.10 Å². The van der Waals surface area contributed by atoms with Gasteiger partial charge in [0, 0.05) is 17.1 Å². The van der Waals surface area contributed by atoms with Gasteiger partial charge in [-0.2, -0.15) is 0 Å². The van der Waals surface area contributed by atoms with Crippen molar-refractivity contribution in [2.75, 3.05) is 6.61 Å². The summed E-state index contributed by atoms with van der Waals surface area (Å²) >= 11 is 0. The number of esters is 1. The summed E-state index contributed by atoms with van der Waals surface area (Å²) in [5.74, 6) is -1.16. The van der Waals surface area contributed by atoms with Gasteiger partial charge in [0.1, 0.15) is 0 Å². The van der Waals surface area contributed by atoms with Crippen LogP contribution in [0.3, 0.4) is 0 Å². The molecule has 1 N–H and O–H groups in total. The second-order valence-corrected chi connectivity index (χ2v) is 3.78. The fourth-order valence-electron chi connectivity index (χ4n) is 1.53. The van der Waals surface area contributed by atoms with E-state index in [9.17, 15) is 30.1 Å². The van der Waals surface area contributed by atoms with Gasteiger partial charge in [-0.25, -0.2) is 4.79 Å². The smallest absolute Gasteiger partial charge is 0.384 e. The molecule has 9 heteroatoms. The number of carbonyl (C=O) groups excluding carboxylic acids is 1. The van der Waals surface area contributed by atoms with E-state index in [0.717, 1.165) is 24.3 Å². The summed E-state index contributed by atoms with van der Waals surface area (Å²) in [6.45, 7) is 1.42. The summed E-state index contributed by atoms with van der Waals surface area (Å²) in [4.78, 5) is 31.2. The Hall–Kier alpha value is -2.55. The van der Waals surface area contributed by atoms with Crippen LogP contribution in [0.1, 0.15) is 18.6 Å². The molecule has 0 bridgehead atoms. The number of nitrogens with zero attached hydrogens (tertiary/aromatic N) is 2. The number of ether oxygens (including phenoxy) is 1. The van der Waals surface area contributed by atoms with E-state index < -0.39 is 28.0 Å². The second-order valence-electron chi connectivity index (χ2n) is 3.78. The van der Waals surface area contributed by atoms with E-state index in [4.69, 9.17) is 0 Å². The first kappa shape index (κ1) is 15.5. The van der Waals surface area contributed by atoms with Gasteiger partial charge in [0.05, 0.1) is 11.5 Å². The third kappa shape index (κ3) is 3.48. The van der Waals surface area contributed by atoms with Crippen LogP contribution in [0.25, 0.3) is 0 Å². The molecule has 9 nitrogen and oxygen atoms in total. The normalized spacial score (nSPS) is 13.3. The van der Waals surface area contributed by atoms with Crippen LogP contribution in [0.4, 0.5) is 5.69 Å². The Balaban J connectivity index is 3.00. The monoisotopic (exact) mass is 284 g/mol. The molecule has 0 saturated carbocycles. The molecule has 0 amide bonds. The third-order valence-electron chi connectivity index (χ3n) is 2.50. The zero-order chi connectivity index (χ0) is 15.3. The van der Waals surface area contributed by atoms with Gasteiger partial charge in [-0.3, -0.25) is 20.2 Å². The average Bonchev–Trinajstić information content (AvgIpc) is 2.38. The number of nitro benzene ring substituents is 1. The van der Waals surface area contributed by atoms with Crippen molar-refractivity contribution in [3.63, 3.8) is 0 Å². The van der Waals surface area contributed by atoms with E-state index in [0.29, 0.717) is 0 Å². The number of nitro groups is 2. The molecule has 1 aromatic rings. The van der Waals surface area contributed by atoms with E-state index in [1.54, 1.807) is 0 Å². The van der Waals surface area contributed by atoms with Gasteiger partial charge in [-0.1, -0.05) is 0 Å². The standard InChI is InChI=1S/C11H12N2O7/c1-2-20-11(15)9(13(18)19)10(14)7-3-5-8(6-4-7)12(16)17/h3-6,9-10,14H,2H2,1H3. The highest BCUT2D eigenvalue weighted by molar-refractivity contribution is 5.75. The molecule has 2 atom stereocenters. The molecule has 0 aliphatic carbocycles. The lowest BCUT2D eigenvalue weighted by molar-refractivity contribution is -0.523. The second kappa shape index (κ2) is 6.57. The third-order valence-corrected chi connectivity index (χ3v) is 2.50. The minimum atomic E-state index is -1.98. The molecular weight excluding hydrogens is 272 g/mol. The van der Waals surface area contributed by atoms with Crippen molar-refractivity contribution in [2.24, 2.45) is 0 Å². The molecule has 0 spiro atoms. The van der Waals surface area contributed by atoms with Gasteiger partial charge >= 0.3 is 12.0 Å². The van der Waals surface area contributed by atoms with E-state index in [1.165, 1.54) is 6.92 Å². The highest BCUT2D eigenvalue weighted by Gasteiger charge is 2.40. The van der Waals surface area contributed by atoms with Gasteiger partial charge in [0.2, 0.25) is 0 Å². The van der Waals surface area contributed by atoms with E-state index in [-0.39, 0.29) is 17.9 Å². The fraction of sp³-hybridized carbons (Fsp3) is 0.364. The SMILES string of the molecule is CCOC(=O)C(C(O)c1ccc([N+](=O)[O-])cc1)[N+](=O)[O-]. The Morgan fingerprint density at radius 1 is 1.30 bits per heavy atom. The van der Waals surface area contributed by atoms with Crippen LogP contribution in [0.15, 0.2) is 24.3 Å². The predicted octanol–water partition coefficient (Wildman–Crippen LogP) is 0.837. The van der Waals surface area contributed by atoms with Crippen LogP contribution in [0.5, 0.6) is 0 Å². The zero-order valence-electron chi connectivity index (χ0n) is 10.5. The lowest BCUT2D eigenvalue weighted by Gasteiger charge is -2.14. The molecular formula is C11H12N2O7. The van der Waals surface area contributed by atoms with Crippen LogP contribution in [-0.2, 0) is 9.53 Å². The van der Waals surface area contributed by atoms with Crippen LogP contribution in [0.2, 0.25) is 0 Å². The Morgan fingerprint density at radius 3 is 2.25 bits per heavy atom. The number of aliphatic hydroxyl groups excluding tert-OH is 1. The average molecular weight is 284 g/mol. The Kier molecular flexibility index (Phi) is 5.09. The molecule has 20 heavy (non-hydrogen) atoms. The quantitative estimate of drug-likeness (QED) is 0.464. The molecule has 0 saturated heterocycles. The number of carbonyl (C=O) groups is 1. The van der Waals surface area contributed by atoms with Gasteiger partial charge < -0.3 is 9.84 Å². The maximum atomic E-state index is 11.4. The highest BCUT2D eigenvalue weighted by Crippen LogP contribution is 2.22. The summed E-state index contributed by atoms with van der Waals surface area (Å²) in [6.07, 6.45) is -1.75. The number of hydrogen-bond acceptors (Lipinski definition) is 7. The first-order chi connectivity index (χ1) is 9.38. The number of hydrogen-bond donors (Lipinski definition) is 1. The Morgan fingerprint density at radius 2 is 1.85 bits per heavy atom. The molecule has 0 aliphatic rings. The minimum absolute atomic E-state index is 0.0188. The fourth-order valence-corrected chi connectivity index (χ4v) is 1.53. The van der Waals surface area contributed by atoms with Crippen molar-refractivity contribution in [1.29, 1.82) is 0 Å². The van der Waals surface area contributed by atoms with Crippen molar-refractivity contribution in [2.45, 2.75) is 19.1 Å². The first-order valence-corrected chi connectivity index (χ1v) is 5.61. The van der Waals surface area contributed by atoms with E-state index >= 15 is 0 Å². The molecule has 0 radical (unpaired) electrons. The van der Waals surface area contributed by atoms with Crippen molar-refractivity contribution < 1.29 is 24.5 Å². The Bertz CT molecular complexity index is 514. The summed E-state index contributed by atoms with van der Waals surface area (Å²) < 4.78 is 4.52. The number of benzene rings is 1. The van der Waals surface area contributed by atoms with Crippen molar-refractivity contribution in [3.05, 3.63) is 50.1 Å². The predicted molar refractivity (Wildman–Crippen MR) is 65.5 cm³/mol. The summed E-state index contributed by atoms with van der Waals surface area (Å²) in [5.41, 5.74) is -0.208. The molecule has 0 aromatic heterocycles. The molecule has 108 valence electrons. The summed E-state index contributed by atoms with van der Waals surface area (Å²) in [5, 5.41) is 31.2. The molecule has 1 aromatic carbocycles. The lowest BCUT2D eigenvalue weighted by Crippen LogP contribution is -2.37. The summed E-state index contributed by atoms with van der Waals surface area (Å²) in [6, 6.07) is 2.50. The van der Waals surface area contributed by atoms with Crippen molar-refractivity contribution in [3.8, 4) is 0 Å². The largest absolute Gasteiger partial charge is 0.461 e. The topological polar surface area (TPSA) is 133 Å². The van der Waals surface area contributed by atoms with Crippen LogP contribution < -0.4 is 0 Å². The summed E-state index contributed by atoms with van der Waals surface area (Å²) in [7, 11) is 0. The molecule has 1 rings (SSSR count). The van der Waals surface area contributed by atoms with Crippen LogP contribution in [0, 0.1) is 20.2 Å².